The molecular formula is C16H33N3O2. The summed E-state index contributed by atoms with van der Waals surface area (Å²) >= 11 is 0. The Morgan fingerprint density at radius 1 is 1.19 bits per heavy atom. The van der Waals surface area contributed by atoms with Crippen molar-refractivity contribution < 1.29 is 9.53 Å². The van der Waals surface area contributed by atoms with Crippen molar-refractivity contribution in [1.29, 1.82) is 0 Å². The second-order valence-electron chi connectivity index (χ2n) is 5.33. The van der Waals surface area contributed by atoms with E-state index in [0.29, 0.717) is 12.3 Å². The molecule has 5 heteroatoms. The second kappa shape index (κ2) is 13.7. The molecule has 0 aliphatic carbocycles. The molecule has 0 saturated carbocycles. The minimum Gasteiger partial charge on any atom is -0.469 e. The number of hydrogen-bond donors (Lipinski definition) is 2. The molecule has 0 aliphatic heterocycles. The first-order chi connectivity index (χ1) is 10.2. The van der Waals surface area contributed by atoms with Crippen LogP contribution < -0.4 is 10.6 Å². The third-order valence-electron chi connectivity index (χ3n) is 3.65. The first-order valence-electron chi connectivity index (χ1n) is 8.19. The highest BCUT2D eigenvalue weighted by Gasteiger charge is 2.07. The van der Waals surface area contributed by atoms with Crippen molar-refractivity contribution in [2.24, 2.45) is 10.9 Å². The molecule has 0 spiro atoms. The van der Waals surface area contributed by atoms with Crippen molar-refractivity contribution in [2.75, 3.05) is 27.2 Å². The Balaban J connectivity index is 3.78. The largest absolute Gasteiger partial charge is 0.469 e. The highest BCUT2D eigenvalue weighted by Crippen LogP contribution is 2.10. The lowest BCUT2D eigenvalue weighted by molar-refractivity contribution is -0.140. The van der Waals surface area contributed by atoms with Crippen molar-refractivity contribution in [1.82, 2.24) is 10.6 Å². The molecular weight excluding hydrogens is 266 g/mol. The van der Waals surface area contributed by atoms with Gasteiger partial charge in [-0.1, -0.05) is 33.1 Å². The van der Waals surface area contributed by atoms with Crippen molar-refractivity contribution >= 4 is 11.9 Å². The molecule has 0 heterocycles. The molecule has 0 fully saturated rings. The average molecular weight is 299 g/mol. The Morgan fingerprint density at radius 2 is 1.95 bits per heavy atom. The zero-order valence-corrected chi connectivity index (χ0v) is 14.2. The van der Waals surface area contributed by atoms with Crippen LogP contribution in [0.5, 0.6) is 0 Å². The van der Waals surface area contributed by atoms with Crippen molar-refractivity contribution in [3.8, 4) is 0 Å². The van der Waals surface area contributed by atoms with Crippen LogP contribution in [-0.4, -0.2) is 39.2 Å². The van der Waals surface area contributed by atoms with E-state index in [1.165, 1.54) is 32.8 Å². The zero-order chi connectivity index (χ0) is 15.9. The van der Waals surface area contributed by atoms with Gasteiger partial charge < -0.3 is 15.4 Å². The number of hydrogen-bond acceptors (Lipinski definition) is 3. The minimum atomic E-state index is -0.140. The molecule has 1 atom stereocenters. The minimum absolute atomic E-state index is 0.140. The van der Waals surface area contributed by atoms with E-state index < -0.39 is 0 Å². The number of rotatable bonds is 11. The summed E-state index contributed by atoms with van der Waals surface area (Å²) in [5, 5.41) is 6.67. The molecule has 0 rings (SSSR count). The Bertz CT molecular complexity index is 293. The van der Waals surface area contributed by atoms with E-state index in [1.807, 2.05) is 0 Å². The maximum atomic E-state index is 11.0. The predicted octanol–water partition coefficient (Wildman–Crippen LogP) is 2.71. The number of nitrogens with one attached hydrogen (secondary N) is 2. The van der Waals surface area contributed by atoms with E-state index in [-0.39, 0.29) is 5.97 Å². The van der Waals surface area contributed by atoms with Gasteiger partial charge in [0.1, 0.15) is 0 Å². The fourth-order valence-electron chi connectivity index (χ4n) is 2.11. The van der Waals surface area contributed by atoms with Gasteiger partial charge in [-0.05, 0) is 25.2 Å². The Hall–Kier alpha value is -1.26. The summed E-state index contributed by atoms with van der Waals surface area (Å²) in [6.45, 7) is 6.26. The van der Waals surface area contributed by atoms with E-state index in [9.17, 15) is 4.79 Å². The van der Waals surface area contributed by atoms with Crippen LogP contribution in [0.3, 0.4) is 0 Å². The van der Waals surface area contributed by atoms with Gasteiger partial charge in [0.25, 0.3) is 0 Å². The normalized spacial score (nSPS) is 12.9. The highest BCUT2D eigenvalue weighted by molar-refractivity contribution is 5.79. The molecule has 5 nitrogen and oxygen atoms in total. The lowest BCUT2D eigenvalue weighted by Crippen LogP contribution is -2.40. The number of unbranched alkanes of at least 4 members (excludes halogenated alkanes) is 2. The Kier molecular flexibility index (Phi) is 12.9. The quantitative estimate of drug-likeness (QED) is 0.266. The van der Waals surface area contributed by atoms with Gasteiger partial charge in [-0.25, -0.2) is 0 Å². The summed E-state index contributed by atoms with van der Waals surface area (Å²) in [5.41, 5.74) is 0. The molecule has 0 aromatic heterocycles. The molecule has 0 amide bonds. The van der Waals surface area contributed by atoms with Crippen LogP contribution in [0.1, 0.15) is 58.8 Å². The molecule has 0 aromatic rings. The number of carbonyl (C=O) groups excluding carboxylic acids is 1. The number of aliphatic imine (C=N–C) groups is 1. The van der Waals surface area contributed by atoms with Crippen molar-refractivity contribution in [2.45, 2.75) is 58.8 Å². The third-order valence-corrected chi connectivity index (χ3v) is 3.65. The fourth-order valence-corrected chi connectivity index (χ4v) is 2.11. The summed E-state index contributed by atoms with van der Waals surface area (Å²) in [7, 11) is 3.21. The predicted molar refractivity (Wildman–Crippen MR) is 88.5 cm³/mol. The number of ether oxygens (including phenoxy) is 1. The van der Waals surface area contributed by atoms with Crippen LogP contribution in [-0.2, 0) is 9.53 Å². The summed E-state index contributed by atoms with van der Waals surface area (Å²) in [4.78, 5) is 15.2. The first-order valence-corrected chi connectivity index (χ1v) is 8.19. The van der Waals surface area contributed by atoms with Gasteiger partial charge in [-0.15, -0.1) is 0 Å². The monoisotopic (exact) mass is 299 g/mol. The SMILES string of the molecule is CCCCC(CC)CNC(=NC)NCCCCC(=O)OC. The molecule has 0 radical (unpaired) electrons. The Morgan fingerprint density at radius 3 is 2.52 bits per heavy atom. The summed E-state index contributed by atoms with van der Waals surface area (Å²) in [5.74, 6) is 1.42. The molecule has 21 heavy (non-hydrogen) atoms. The summed E-state index contributed by atoms with van der Waals surface area (Å²) in [6, 6.07) is 0. The molecule has 1 unspecified atom stereocenters. The summed E-state index contributed by atoms with van der Waals surface area (Å²) in [6.07, 6.45) is 7.27. The maximum Gasteiger partial charge on any atom is 0.305 e. The van der Waals surface area contributed by atoms with Gasteiger partial charge in [0.2, 0.25) is 0 Å². The van der Waals surface area contributed by atoms with Crippen molar-refractivity contribution in [3.05, 3.63) is 0 Å². The van der Waals surface area contributed by atoms with Crippen LogP contribution in [0.25, 0.3) is 0 Å². The zero-order valence-electron chi connectivity index (χ0n) is 14.2. The van der Waals surface area contributed by atoms with Gasteiger partial charge in [-0.3, -0.25) is 9.79 Å². The van der Waals surface area contributed by atoms with E-state index in [1.54, 1.807) is 7.05 Å². The molecule has 2 N–H and O–H groups in total. The van der Waals surface area contributed by atoms with Crippen LogP contribution in [0.2, 0.25) is 0 Å². The van der Waals surface area contributed by atoms with E-state index in [4.69, 9.17) is 0 Å². The van der Waals surface area contributed by atoms with Crippen LogP contribution in [0.15, 0.2) is 4.99 Å². The standard InChI is InChI=1S/C16H33N3O2/c1-5-7-10-14(6-2)13-19-16(17-3)18-12-9-8-11-15(20)21-4/h14H,5-13H2,1-4H3,(H2,17,18,19). The third kappa shape index (κ3) is 11.1. The van der Waals surface area contributed by atoms with Crippen molar-refractivity contribution in [3.63, 3.8) is 0 Å². The fraction of sp³-hybridized carbons (Fsp3) is 0.875. The molecule has 0 aliphatic rings. The number of carbonyl (C=O) groups is 1. The van der Waals surface area contributed by atoms with Crippen LogP contribution in [0.4, 0.5) is 0 Å². The second-order valence-corrected chi connectivity index (χ2v) is 5.33. The lowest BCUT2D eigenvalue weighted by atomic mass is 9.99. The van der Waals surface area contributed by atoms with E-state index >= 15 is 0 Å². The lowest BCUT2D eigenvalue weighted by Gasteiger charge is -2.18. The topological polar surface area (TPSA) is 62.7 Å². The molecule has 0 saturated heterocycles. The molecule has 124 valence electrons. The highest BCUT2D eigenvalue weighted by atomic mass is 16.5. The van der Waals surface area contributed by atoms with Crippen LogP contribution >= 0.6 is 0 Å². The van der Waals surface area contributed by atoms with Gasteiger partial charge >= 0.3 is 5.97 Å². The maximum absolute atomic E-state index is 11.0. The Labute approximate surface area is 129 Å². The number of guanidine groups is 1. The average Bonchev–Trinajstić information content (AvgIpc) is 2.52. The van der Waals surface area contributed by atoms with Gasteiger partial charge in [-0.2, -0.15) is 0 Å². The van der Waals surface area contributed by atoms with Crippen LogP contribution in [0, 0.1) is 5.92 Å². The number of methoxy groups -OCH3 is 1. The van der Waals surface area contributed by atoms with E-state index in [2.05, 4.69) is 34.2 Å². The van der Waals surface area contributed by atoms with Gasteiger partial charge in [0.05, 0.1) is 7.11 Å². The number of esters is 1. The number of nitrogens with zero attached hydrogens (tertiary/aromatic N) is 1. The van der Waals surface area contributed by atoms with E-state index in [0.717, 1.165) is 31.9 Å². The molecule has 0 aromatic carbocycles. The first kappa shape index (κ1) is 19.7. The van der Waals surface area contributed by atoms with Gasteiger partial charge in [0.15, 0.2) is 5.96 Å². The smallest absolute Gasteiger partial charge is 0.305 e. The van der Waals surface area contributed by atoms with Gasteiger partial charge in [0, 0.05) is 26.6 Å². The summed E-state index contributed by atoms with van der Waals surface area (Å²) < 4.78 is 4.61. The molecule has 0 bridgehead atoms.